The molecule has 0 saturated heterocycles. The normalized spacial score (nSPS) is 11.3. The number of nitrogens with one attached hydrogen (secondary N) is 1. The lowest BCUT2D eigenvalue weighted by Crippen LogP contribution is -2.27. The van der Waals surface area contributed by atoms with Gasteiger partial charge in [0.05, 0.1) is 22.0 Å². The molecule has 5 nitrogen and oxygen atoms in total. The van der Waals surface area contributed by atoms with Crippen molar-refractivity contribution in [3.63, 3.8) is 0 Å². The lowest BCUT2D eigenvalue weighted by atomic mass is 10.1. The van der Waals surface area contributed by atoms with Crippen molar-refractivity contribution >= 4 is 23.2 Å². The number of benzene rings is 2. The largest absolute Gasteiger partial charge is 0.418 e. The first kappa shape index (κ1) is 19.6. The molecule has 1 heterocycles. The highest BCUT2D eigenvalue weighted by Gasteiger charge is 2.34. The van der Waals surface area contributed by atoms with Crippen molar-refractivity contribution in [2.45, 2.75) is 13.1 Å². The molecule has 9 heteroatoms. The van der Waals surface area contributed by atoms with Gasteiger partial charge in [0.2, 0.25) is 5.43 Å². The first-order valence-corrected chi connectivity index (χ1v) is 8.40. The molecule has 0 radical (unpaired) electrons. The molecule has 0 atom stereocenters. The van der Waals surface area contributed by atoms with Crippen LogP contribution in [0.15, 0.2) is 59.4 Å². The van der Waals surface area contributed by atoms with Gasteiger partial charge in [0.1, 0.15) is 0 Å². The fourth-order valence-electron chi connectivity index (χ4n) is 2.59. The Morgan fingerprint density at radius 3 is 2.43 bits per heavy atom. The molecule has 1 aromatic heterocycles. The average molecular weight is 408 g/mol. The second kappa shape index (κ2) is 7.47. The number of carbonyl (C=O) groups is 1. The van der Waals surface area contributed by atoms with Gasteiger partial charge < -0.3 is 5.32 Å². The predicted octanol–water partition coefficient (Wildman–Crippen LogP) is 4.47. The number of para-hydroxylation sites is 2. The van der Waals surface area contributed by atoms with Crippen molar-refractivity contribution in [2.75, 3.05) is 5.32 Å². The summed E-state index contributed by atoms with van der Waals surface area (Å²) in [5.74, 6) is -0.878. The number of hydrogen-bond donors (Lipinski definition) is 1. The van der Waals surface area contributed by atoms with E-state index < -0.39 is 28.8 Å². The van der Waals surface area contributed by atoms with E-state index in [9.17, 15) is 22.8 Å². The number of halogens is 4. The third-order valence-corrected chi connectivity index (χ3v) is 4.21. The Morgan fingerprint density at radius 2 is 1.75 bits per heavy atom. The van der Waals surface area contributed by atoms with Gasteiger partial charge in [-0.1, -0.05) is 35.9 Å². The Bertz CT molecular complexity index is 1110. The minimum Gasteiger partial charge on any atom is -0.319 e. The van der Waals surface area contributed by atoms with Gasteiger partial charge in [-0.3, -0.25) is 9.59 Å². The van der Waals surface area contributed by atoms with Crippen molar-refractivity contribution in [1.29, 1.82) is 0 Å². The summed E-state index contributed by atoms with van der Waals surface area (Å²) in [5, 5.41) is 6.57. The van der Waals surface area contributed by atoms with Crippen LogP contribution in [0, 0.1) is 6.92 Å². The average Bonchev–Trinajstić information content (AvgIpc) is 2.63. The predicted molar refractivity (Wildman–Crippen MR) is 99.0 cm³/mol. The number of aromatic nitrogens is 2. The van der Waals surface area contributed by atoms with Gasteiger partial charge >= 0.3 is 6.18 Å². The van der Waals surface area contributed by atoms with E-state index in [1.54, 1.807) is 12.1 Å². The number of nitrogens with zero attached hydrogens (tertiary/aromatic N) is 2. The number of hydrogen-bond acceptors (Lipinski definition) is 3. The van der Waals surface area contributed by atoms with Gasteiger partial charge in [-0.05, 0) is 31.2 Å². The van der Waals surface area contributed by atoms with Gasteiger partial charge in [-0.2, -0.15) is 18.3 Å². The Kier molecular flexibility index (Phi) is 5.24. The molecule has 0 unspecified atom stereocenters. The maximum Gasteiger partial charge on any atom is 0.418 e. The summed E-state index contributed by atoms with van der Waals surface area (Å²) < 4.78 is 40.9. The Labute approximate surface area is 162 Å². The number of anilines is 1. The SMILES string of the molecule is Cc1cc(=O)c(C(=O)Nc2ccccc2Cl)nn1-c1ccccc1C(F)(F)F. The second-order valence-corrected chi connectivity index (χ2v) is 6.27. The van der Waals surface area contributed by atoms with Crippen LogP contribution < -0.4 is 10.7 Å². The lowest BCUT2D eigenvalue weighted by Gasteiger charge is -2.16. The fourth-order valence-corrected chi connectivity index (χ4v) is 2.77. The van der Waals surface area contributed by atoms with E-state index in [2.05, 4.69) is 10.4 Å². The van der Waals surface area contributed by atoms with Crippen LogP contribution in [-0.4, -0.2) is 15.7 Å². The van der Waals surface area contributed by atoms with Gasteiger partial charge in [0, 0.05) is 11.8 Å². The van der Waals surface area contributed by atoms with E-state index in [0.717, 1.165) is 16.8 Å². The van der Waals surface area contributed by atoms with Crippen LogP contribution in [-0.2, 0) is 6.18 Å². The van der Waals surface area contributed by atoms with Crippen molar-refractivity contribution in [2.24, 2.45) is 0 Å². The van der Waals surface area contributed by atoms with Crippen molar-refractivity contribution in [3.8, 4) is 5.69 Å². The summed E-state index contributed by atoms with van der Waals surface area (Å²) in [6.07, 6.45) is -4.63. The molecule has 0 aliphatic rings. The van der Waals surface area contributed by atoms with E-state index in [4.69, 9.17) is 11.6 Å². The standard InChI is InChI=1S/C19H13ClF3N3O2/c1-11-10-16(27)17(18(28)24-14-8-4-3-7-13(14)20)25-26(11)15-9-5-2-6-12(15)19(21,22)23/h2-10H,1H3,(H,24,28). The zero-order valence-electron chi connectivity index (χ0n) is 14.4. The smallest absolute Gasteiger partial charge is 0.319 e. The first-order valence-electron chi connectivity index (χ1n) is 8.02. The minimum atomic E-state index is -4.63. The number of carbonyl (C=O) groups excluding carboxylic acids is 1. The summed E-state index contributed by atoms with van der Waals surface area (Å²) in [4.78, 5) is 24.7. The molecule has 0 bridgehead atoms. The molecule has 0 aliphatic carbocycles. The van der Waals surface area contributed by atoms with E-state index in [0.29, 0.717) is 0 Å². The molecule has 0 saturated carbocycles. The Balaban J connectivity index is 2.09. The monoisotopic (exact) mass is 407 g/mol. The van der Waals surface area contributed by atoms with E-state index in [1.807, 2.05) is 0 Å². The van der Waals surface area contributed by atoms with Crippen LogP contribution in [0.25, 0.3) is 5.69 Å². The quantitative estimate of drug-likeness (QED) is 0.697. The second-order valence-electron chi connectivity index (χ2n) is 5.86. The molecule has 2 aromatic carbocycles. The molecule has 0 aliphatic heterocycles. The third-order valence-electron chi connectivity index (χ3n) is 3.88. The molecule has 144 valence electrons. The van der Waals surface area contributed by atoms with Gasteiger partial charge in [0.15, 0.2) is 5.69 Å². The summed E-state index contributed by atoms with van der Waals surface area (Å²) >= 11 is 5.98. The summed E-state index contributed by atoms with van der Waals surface area (Å²) in [6.45, 7) is 1.43. The first-order chi connectivity index (χ1) is 13.2. The lowest BCUT2D eigenvalue weighted by molar-refractivity contribution is -0.137. The van der Waals surface area contributed by atoms with Crippen LogP contribution in [0.2, 0.25) is 5.02 Å². The van der Waals surface area contributed by atoms with Gasteiger partial charge in [-0.15, -0.1) is 0 Å². The molecule has 28 heavy (non-hydrogen) atoms. The molecule has 1 N–H and O–H groups in total. The molecule has 3 rings (SSSR count). The third kappa shape index (κ3) is 3.91. The zero-order valence-corrected chi connectivity index (χ0v) is 15.2. The Hall–Kier alpha value is -3.13. The summed E-state index contributed by atoms with van der Waals surface area (Å²) in [5.41, 5.74) is -2.11. The van der Waals surface area contributed by atoms with Gasteiger partial charge in [-0.25, -0.2) is 4.68 Å². The fraction of sp³-hybridized carbons (Fsp3) is 0.105. The summed E-state index contributed by atoms with van der Waals surface area (Å²) in [6, 6.07) is 12.2. The molecule has 1 amide bonds. The summed E-state index contributed by atoms with van der Waals surface area (Å²) in [7, 11) is 0. The zero-order chi connectivity index (χ0) is 20.5. The van der Waals surface area contributed by atoms with Crippen molar-refractivity contribution in [3.05, 3.63) is 86.8 Å². The number of alkyl halides is 3. The molecular formula is C19H13ClF3N3O2. The van der Waals surface area contributed by atoms with Crippen LogP contribution >= 0.6 is 11.6 Å². The topological polar surface area (TPSA) is 64.0 Å². The van der Waals surface area contributed by atoms with Crippen molar-refractivity contribution < 1.29 is 18.0 Å². The highest BCUT2D eigenvalue weighted by molar-refractivity contribution is 6.33. The maximum atomic E-state index is 13.3. The molecule has 3 aromatic rings. The highest BCUT2D eigenvalue weighted by Crippen LogP contribution is 2.33. The molecular weight excluding hydrogens is 395 g/mol. The molecule has 0 fully saturated rings. The molecule has 0 spiro atoms. The minimum absolute atomic E-state index is 0.149. The van der Waals surface area contributed by atoms with E-state index >= 15 is 0 Å². The highest BCUT2D eigenvalue weighted by atomic mass is 35.5. The number of aryl methyl sites for hydroxylation is 1. The van der Waals surface area contributed by atoms with E-state index in [-0.39, 0.29) is 22.1 Å². The van der Waals surface area contributed by atoms with Crippen LogP contribution in [0.1, 0.15) is 21.7 Å². The van der Waals surface area contributed by atoms with Crippen LogP contribution in [0.4, 0.5) is 18.9 Å². The van der Waals surface area contributed by atoms with Crippen LogP contribution in [0.5, 0.6) is 0 Å². The Morgan fingerprint density at radius 1 is 1.11 bits per heavy atom. The maximum absolute atomic E-state index is 13.3. The van der Waals surface area contributed by atoms with E-state index in [1.165, 1.54) is 37.3 Å². The number of rotatable bonds is 3. The van der Waals surface area contributed by atoms with Crippen LogP contribution in [0.3, 0.4) is 0 Å². The number of amides is 1. The van der Waals surface area contributed by atoms with Gasteiger partial charge in [0.25, 0.3) is 5.91 Å². The van der Waals surface area contributed by atoms with Crippen molar-refractivity contribution in [1.82, 2.24) is 9.78 Å².